The monoisotopic (exact) mass is 565 g/mol. The topological polar surface area (TPSA) is 117 Å². The molecule has 1 heterocycles. The fraction of sp³-hybridized carbons (Fsp3) is 0.259. The van der Waals surface area contributed by atoms with Gasteiger partial charge in [-0.25, -0.2) is 0 Å². The standard InChI is InChI=1S/C27H28BrN5O4/c1-4-25(34)32-23-13-21-22(14-24(23)37-11-7-10-33(3)17-26(35)36-5-2)30-16-18(15-29)27(21)31-20-9-6-8-19(28)12-20/h4,6,8-9,12-14,16H,1,5,7,10-11,17H2,2-3H3,(H,30,31)(H,32,34). The van der Waals surface area contributed by atoms with E-state index in [-0.39, 0.29) is 12.5 Å². The molecule has 2 N–H and O–H groups in total. The summed E-state index contributed by atoms with van der Waals surface area (Å²) in [5, 5.41) is 16.4. The molecule has 1 amide bonds. The van der Waals surface area contributed by atoms with Gasteiger partial charge in [-0.15, -0.1) is 0 Å². The van der Waals surface area contributed by atoms with Crippen molar-refractivity contribution in [2.75, 3.05) is 44.0 Å². The number of nitrogens with one attached hydrogen (secondary N) is 2. The maximum Gasteiger partial charge on any atom is 0.320 e. The summed E-state index contributed by atoms with van der Waals surface area (Å²) in [7, 11) is 1.83. The van der Waals surface area contributed by atoms with Crippen LogP contribution in [0.1, 0.15) is 18.9 Å². The van der Waals surface area contributed by atoms with E-state index in [4.69, 9.17) is 9.47 Å². The minimum absolute atomic E-state index is 0.198. The number of rotatable bonds is 12. The van der Waals surface area contributed by atoms with E-state index < -0.39 is 5.91 Å². The Kier molecular flexibility index (Phi) is 10.0. The van der Waals surface area contributed by atoms with Crippen molar-refractivity contribution in [3.05, 3.63) is 65.3 Å². The molecular formula is C27H28BrN5O4. The number of nitriles is 1. The molecule has 10 heteroatoms. The number of hydrogen-bond donors (Lipinski definition) is 2. The van der Waals surface area contributed by atoms with Crippen molar-refractivity contribution in [3.8, 4) is 11.8 Å². The van der Waals surface area contributed by atoms with Gasteiger partial charge in [-0.05, 0) is 50.7 Å². The van der Waals surface area contributed by atoms with Crippen LogP contribution in [0.25, 0.3) is 10.9 Å². The molecule has 0 bridgehead atoms. The molecule has 0 spiro atoms. The second-order valence-electron chi connectivity index (χ2n) is 8.10. The fourth-order valence-corrected chi connectivity index (χ4v) is 3.97. The Labute approximate surface area is 224 Å². The summed E-state index contributed by atoms with van der Waals surface area (Å²) in [5.41, 5.74) is 2.70. The van der Waals surface area contributed by atoms with Crippen LogP contribution in [0.4, 0.5) is 17.1 Å². The second kappa shape index (κ2) is 13.4. The Hall–Kier alpha value is -3.94. The molecule has 0 saturated carbocycles. The van der Waals surface area contributed by atoms with Crippen LogP contribution in [0.15, 0.2) is 59.7 Å². The first kappa shape index (κ1) is 27.6. The Morgan fingerprint density at radius 2 is 2.11 bits per heavy atom. The van der Waals surface area contributed by atoms with E-state index >= 15 is 0 Å². The molecule has 9 nitrogen and oxygen atoms in total. The number of halogens is 1. The molecule has 3 rings (SSSR count). The van der Waals surface area contributed by atoms with Crippen molar-refractivity contribution < 1.29 is 19.1 Å². The molecule has 3 aromatic rings. The Morgan fingerprint density at radius 3 is 2.81 bits per heavy atom. The van der Waals surface area contributed by atoms with Crippen molar-refractivity contribution in [1.82, 2.24) is 9.88 Å². The van der Waals surface area contributed by atoms with Gasteiger partial charge in [0.2, 0.25) is 5.91 Å². The third kappa shape index (κ3) is 7.77. The summed E-state index contributed by atoms with van der Waals surface area (Å²) in [6.45, 7) is 6.80. The highest BCUT2D eigenvalue weighted by Crippen LogP contribution is 2.36. The molecule has 1 aromatic heterocycles. The lowest BCUT2D eigenvalue weighted by molar-refractivity contribution is -0.144. The number of aromatic nitrogens is 1. The summed E-state index contributed by atoms with van der Waals surface area (Å²) >= 11 is 3.46. The average Bonchev–Trinajstić information content (AvgIpc) is 2.87. The van der Waals surface area contributed by atoms with E-state index in [0.717, 1.165) is 10.2 Å². The lowest BCUT2D eigenvalue weighted by Gasteiger charge is -2.18. The summed E-state index contributed by atoms with van der Waals surface area (Å²) in [4.78, 5) is 30.1. The molecule has 37 heavy (non-hydrogen) atoms. The van der Waals surface area contributed by atoms with Crippen LogP contribution in [0.3, 0.4) is 0 Å². The van der Waals surface area contributed by atoms with Gasteiger partial charge >= 0.3 is 5.97 Å². The lowest BCUT2D eigenvalue weighted by Crippen LogP contribution is -2.29. The normalized spacial score (nSPS) is 10.6. The Bertz CT molecular complexity index is 1340. The van der Waals surface area contributed by atoms with Gasteiger partial charge in [0.25, 0.3) is 0 Å². The molecule has 2 aromatic carbocycles. The van der Waals surface area contributed by atoms with Crippen LogP contribution in [-0.2, 0) is 14.3 Å². The van der Waals surface area contributed by atoms with Gasteiger partial charge < -0.3 is 20.1 Å². The number of pyridine rings is 1. The smallest absolute Gasteiger partial charge is 0.320 e. The van der Waals surface area contributed by atoms with Crippen LogP contribution >= 0.6 is 15.9 Å². The van der Waals surface area contributed by atoms with Crippen molar-refractivity contribution in [3.63, 3.8) is 0 Å². The van der Waals surface area contributed by atoms with Crippen molar-refractivity contribution in [1.29, 1.82) is 5.26 Å². The van der Waals surface area contributed by atoms with Gasteiger partial charge in [0.15, 0.2) is 0 Å². The zero-order valence-electron chi connectivity index (χ0n) is 20.7. The highest BCUT2D eigenvalue weighted by atomic mass is 79.9. The average molecular weight is 566 g/mol. The number of fused-ring (bicyclic) bond motifs is 1. The molecule has 0 saturated heterocycles. The van der Waals surface area contributed by atoms with Crippen LogP contribution in [0, 0.1) is 11.3 Å². The number of carbonyl (C=O) groups is 2. The van der Waals surface area contributed by atoms with Crippen LogP contribution in [0.2, 0.25) is 0 Å². The van der Waals surface area contributed by atoms with Crippen molar-refractivity contribution >= 4 is 55.8 Å². The van der Waals surface area contributed by atoms with Crippen LogP contribution < -0.4 is 15.4 Å². The zero-order valence-corrected chi connectivity index (χ0v) is 22.3. The molecule has 0 atom stereocenters. The van der Waals surface area contributed by atoms with Gasteiger partial charge in [0.1, 0.15) is 11.8 Å². The molecule has 192 valence electrons. The Balaban J connectivity index is 1.87. The SMILES string of the molecule is C=CC(=O)Nc1cc2c(Nc3cccc(Br)c3)c(C#N)cnc2cc1OCCCN(C)CC(=O)OCC. The number of carbonyl (C=O) groups excluding carboxylic acids is 2. The maximum atomic E-state index is 12.2. The fourth-order valence-electron chi connectivity index (χ4n) is 3.57. The molecular weight excluding hydrogens is 538 g/mol. The number of amides is 1. The first-order valence-corrected chi connectivity index (χ1v) is 12.4. The number of anilines is 3. The molecule has 0 radical (unpaired) electrons. The van der Waals surface area contributed by atoms with Crippen LogP contribution in [-0.4, -0.2) is 55.1 Å². The Morgan fingerprint density at radius 1 is 1.30 bits per heavy atom. The van der Waals surface area contributed by atoms with Gasteiger partial charge in [-0.3, -0.25) is 19.5 Å². The van der Waals surface area contributed by atoms with E-state index in [1.165, 1.54) is 12.3 Å². The van der Waals surface area contributed by atoms with E-state index in [1.54, 1.807) is 19.1 Å². The summed E-state index contributed by atoms with van der Waals surface area (Å²) in [5.74, 6) is -0.240. The molecule has 0 aliphatic carbocycles. The third-order valence-corrected chi connectivity index (χ3v) is 5.77. The third-order valence-electron chi connectivity index (χ3n) is 5.27. The van der Waals surface area contributed by atoms with Gasteiger partial charge in [-0.1, -0.05) is 28.6 Å². The van der Waals surface area contributed by atoms with E-state index in [1.807, 2.05) is 36.2 Å². The largest absolute Gasteiger partial charge is 0.491 e. The number of nitrogens with zero attached hydrogens (tertiary/aromatic N) is 3. The highest BCUT2D eigenvalue weighted by Gasteiger charge is 2.16. The second-order valence-corrected chi connectivity index (χ2v) is 9.01. The predicted molar refractivity (Wildman–Crippen MR) is 147 cm³/mol. The van der Waals surface area contributed by atoms with E-state index in [9.17, 15) is 14.9 Å². The minimum atomic E-state index is -0.399. The zero-order chi connectivity index (χ0) is 26.8. The number of benzene rings is 2. The first-order chi connectivity index (χ1) is 17.8. The number of ether oxygens (including phenoxy) is 2. The van der Waals surface area contributed by atoms with E-state index in [2.05, 4.69) is 44.2 Å². The maximum absolute atomic E-state index is 12.2. The summed E-state index contributed by atoms with van der Waals surface area (Å²) in [6, 6.07) is 13.2. The minimum Gasteiger partial charge on any atom is -0.491 e. The highest BCUT2D eigenvalue weighted by molar-refractivity contribution is 9.10. The van der Waals surface area contributed by atoms with Crippen molar-refractivity contribution in [2.24, 2.45) is 0 Å². The summed E-state index contributed by atoms with van der Waals surface area (Å²) < 4.78 is 11.9. The van der Waals surface area contributed by atoms with Crippen LogP contribution in [0.5, 0.6) is 5.75 Å². The predicted octanol–water partition coefficient (Wildman–Crippen LogP) is 5.00. The molecule has 0 unspecified atom stereocenters. The first-order valence-electron chi connectivity index (χ1n) is 11.6. The van der Waals surface area contributed by atoms with Gasteiger partial charge in [-0.2, -0.15) is 5.26 Å². The number of esters is 1. The molecule has 0 aliphatic rings. The quantitative estimate of drug-likeness (QED) is 0.179. The molecule has 0 fully saturated rings. The van der Waals surface area contributed by atoms with Crippen molar-refractivity contribution in [2.45, 2.75) is 13.3 Å². The molecule has 0 aliphatic heterocycles. The number of likely N-dealkylation sites (N-methyl/N-ethyl adjacent to an activating group) is 1. The summed E-state index contributed by atoms with van der Waals surface area (Å²) in [6.07, 6.45) is 3.31. The lowest BCUT2D eigenvalue weighted by atomic mass is 10.1. The van der Waals surface area contributed by atoms with Gasteiger partial charge in [0, 0.05) is 34.4 Å². The van der Waals surface area contributed by atoms with Gasteiger partial charge in [0.05, 0.1) is 42.2 Å². The van der Waals surface area contributed by atoms with E-state index in [0.29, 0.717) is 59.8 Å². The number of hydrogen-bond acceptors (Lipinski definition) is 8.